The second kappa shape index (κ2) is 9.98. The predicted octanol–water partition coefficient (Wildman–Crippen LogP) is 4.68. The van der Waals surface area contributed by atoms with Gasteiger partial charge in [-0.15, -0.1) is 0 Å². The molecule has 4 nitrogen and oxygen atoms in total. The van der Waals surface area contributed by atoms with Gasteiger partial charge in [0.05, 0.1) is 11.1 Å². The fraction of sp³-hybridized carbons (Fsp3) is 0.556. The molecule has 0 fully saturated rings. The molecule has 1 aromatic carbocycles. The molecule has 1 aromatic rings. The zero-order valence-electron chi connectivity index (χ0n) is 13.5. The average molecular weight is 306 g/mol. The maximum absolute atomic E-state index is 12.2. The number of carbonyl (C=O) groups is 2. The first-order valence-electron chi connectivity index (χ1n) is 8.13. The maximum atomic E-state index is 12.2. The van der Waals surface area contributed by atoms with Crippen LogP contribution in [0.15, 0.2) is 24.3 Å². The average Bonchev–Trinajstić information content (AvgIpc) is 2.53. The number of esters is 1. The van der Waals surface area contributed by atoms with Crippen LogP contribution in [0.3, 0.4) is 0 Å². The van der Waals surface area contributed by atoms with Gasteiger partial charge < -0.3 is 9.84 Å². The van der Waals surface area contributed by atoms with Crippen molar-refractivity contribution in [2.45, 2.75) is 64.9 Å². The van der Waals surface area contributed by atoms with E-state index < -0.39 is 11.9 Å². The smallest absolute Gasteiger partial charge is 0.339 e. The van der Waals surface area contributed by atoms with E-state index in [0.717, 1.165) is 25.7 Å². The van der Waals surface area contributed by atoms with Crippen LogP contribution in [0.4, 0.5) is 0 Å². The fourth-order valence-electron chi connectivity index (χ4n) is 2.38. The summed E-state index contributed by atoms with van der Waals surface area (Å²) in [4.78, 5) is 23.3. The minimum atomic E-state index is -1.11. The zero-order chi connectivity index (χ0) is 16.4. The lowest BCUT2D eigenvalue weighted by molar-refractivity contribution is 0.0262. The van der Waals surface area contributed by atoms with Crippen LogP contribution in [0.2, 0.25) is 0 Å². The Morgan fingerprint density at radius 1 is 1.05 bits per heavy atom. The molecular formula is C18H26O4. The number of unbranched alkanes of at least 4 members (excludes halogenated alkanes) is 4. The van der Waals surface area contributed by atoms with Crippen LogP contribution in [0, 0.1) is 0 Å². The quantitative estimate of drug-likeness (QED) is 0.503. The number of carbonyl (C=O) groups excluding carboxylic acids is 1. The van der Waals surface area contributed by atoms with E-state index in [1.165, 1.54) is 31.4 Å². The summed E-state index contributed by atoms with van der Waals surface area (Å²) in [7, 11) is 0. The number of carboxylic acid groups (broad SMARTS) is 1. The largest absolute Gasteiger partial charge is 0.478 e. The highest BCUT2D eigenvalue weighted by Gasteiger charge is 2.20. The van der Waals surface area contributed by atoms with Crippen LogP contribution in [-0.2, 0) is 4.74 Å². The highest BCUT2D eigenvalue weighted by atomic mass is 16.5. The van der Waals surface area contributed by atoms with E-state index in [1.807, 2.05) is 6.92 Å². The van der Waals surface area contributed by atoms with E-state index in [1.54, 1.807) is 12.1 Å². The van der Waals surface area contributed by atoms with Crippen molar-refractivity contribution in [3.05, 3.63) is 35.4 Å². The normalized spacial score (nSPS) is 11.9. The van der Waals surface area contributed by atoms with Gasteiger partial charge in [0.1, 0.15) is 6.10 Å². The monoisotopic (exact) mass is 306 g/mol. The molecule has 0 radical (unpaired) electrons. The maximum Gasteiger partial charge on any atom is 0.339 e. The Hall–Kier alpha value is -1.84. The Balaban J connectivity index is 2.56. The molecule has 0 aromatic heterocycles. The molecule has 0 spiro atoms. The number of rotatable bonds is 10. The van der Waals surface area contributed by atoms with Crippen molar-refractivity contribution in [1.29, 1.82) is 0 Å². The lowest BCUT2D eigenvalue weighted by Gasteiger charge is -2.16. The van der Waals surface area contributed by atoms with Crippen LogP contribution < -0.4 is 0 Å². The highest BCUT2D eigenvalue weighted by molar-refractivity contribution is 6.02. The van der Waals surface area contributed by atoms with Crippen molar-refractivity contribution >= 4 is 11.9 Å². The first-order valence-corrected chi connectivity index (χ1v) is 8.13. The van der Waals surface area contributed by atoms with E-state index >= 15 is 0 Å². The van der Waals surface area contributed by atoms with Crippen LogP contribution >= 0.6 is 0 Å². The van der Waals surface area contributed by atoms with Crippen molar-refractivity contribution in [3.8, 4) is 0 Å². The Kier molecular flexibility index (Phi) is 8.26. The van der Waals surface area contributed by atoms with E-state index in [-0.39, 0.29) is 17.2 Å². The minimum Gasteiger partial charge on any atom is -0.478 e. The third kappa shape index (κ3) is 5.88. The summed E-state index contributed by atoms with van der Waals surface area (Å²) in [5.41, 5.74) is 0.115. The first kappa shape index (κ1) is 18.2. The number of benzene rings is 1. The second-order valence-electron chi connectivity index (χ2n) is 5.49. The van der Waals surface area contributed by atoms with Crippen molar-refractivity contribution in [2.24, 2.45) is 0 Å². The molecule has 0 aliphatic heterocycles. The summed E-state index contributed by atoms with van der Waals surface area (Å²) in [6.07, 6.45) is 7.27. The summed E-state index contributed by atoms with van der Waals surface area (Å²) >= 11 is 0. The molecule has 0 saturated carbocycles. The standard InChI is InChI=1S/C18H26O4/c1-3-5-6-7-8-11-14(4-2)22-18(21)16-13-10-9-12-15(16)17(19)20/h9-10,12-14H,3-8,11H2,1-2H3,(H,19,20)/t14-/m0/s1. The molecule has 1 N–H and O–H groups in total. The third-order valence-corrected chi connectivity index (χ3v) is 3.74. The molecule has 1 rings (SSSR count). The Morgan fingerprint density at radius 2 is 1.68 bits per heavy atom. The molecule has 0 bridgehead atoms. The van der Waals surface area contributed by atoms with Gasteiger partial charge in [0.15, 0.2) is 0 Å². The van der Waals surface area contributed by atoms with Crippen molar-refractivity contribution in [2.75, 3.05) is 0 Å². The van der Waals surface area contributed by atoms with E-state index in [0.29, 0.717) is 0 Å². The van der Waals surface area contributed by atoms with Crippen LogP contribution in [-0.4, -0.2) is 23.1 Å². The Morgan fingerprint density at radius 3 is 2.27 bits per heavy atom. The zero-order valence-corrected chi connectivity index (χ0v) is 13.5. The van der Waals surface area contributed by atoms with Gasteiger partial charge in [0.2, 0.25) is 0 Å². The number of aromatic carboxylic acids is 1. The van der Waals surface area contributed by atoms with Gasteiger partial charge in [0, 0.05) is 0 Å². The van der Waals surface area contributed by atoms with Gasteiger partial charge >= 0.3 is 11.9 Å². The van der Waals surface area contributed by atoms with E-state index in [4.69, 9.17) is 9.84 Å². The van der Waals surface area contributed by atoms with Crippen molar-refractivity contribution in [1.82, 2.24) is 0 Å². The van der Waals surface area contributed by atoms with Crippen LogP contribution in [0.5, 0.6) is 0 Å². The topological polar surface area (TPSA) is 63.6 Å². The third-order valence-electron chi connectivity index (χ3n) is 3.74. The summed E-state index contributed by atoms with van der Waals surface area (Å²) < 4.78 is 5.48. The van der Waals surface area contributed by atoms with Gasteiger partial charge in [-0.25, -0.2) is 9.59 Å². The SMILES string of the molecule is CCCCCCC[C@H](CC)OC(=O)c1ccccc1C(=O)O. The molecule has 0 heterocycles. The molecular weight excluding hydrogens is 280 g/mol. The van der Waals surface area contributed by atoms with Crippen LogP contribution in [0.25, 0.3) is 0 Å². The molecule has 1 atom stereocenters. The lowest BCUT2D eigenvalue weighted by atomic mass is 10.1. The molecule has 0 aliphatic rings. The molecule has 122 valence electrons. The predicted molar refractivity (Wildman–Crippen MR) is 86.3 cm³/mol. The molecule has 0 saturated heterocycles. The number of ether oxygens (including phenoxy) is 1. The van der Waals surface area contributed by atoms with E-state index in [2.05, 4.69) is 6.92 Å². The summed E-state index contributed by atoms with van der Waals surface area (Å²) in [5, 5.41) is 9.12. The van der Waals surface area contributed by atoms with Crippen molar-refractivity contribution < 1.29 is 19.4 Å². The molecule has 0 amide bonds. The Bertz CT molecular complexity index is 482. The van der Waals surface area contributed by atoms with Gasteiger partial charge in [0.25, 0.3) is 0 Å². The number of hydrogen-bond acceptors (Lipinski definition) is 3. The van der Waals surface area contributed by atoms with Crippen molar-refractivity contribution in [3.63, 3.8) is 0 Å². The molecule has 4 heteroatoms. The molecule has 0 unspecified atom stereocenters. The van der Waals surface area contributed by atoms with Gasteiger partial charge in [-0.2, -0.15) is 0 Å². The van der Waals surface area contributed by atoms with Crippen LogP contribution in [0.1, 0.15) is 79.5 Å². The highest BCUT2D eigenvalue weighted by Crippen LogP contribution is 2.16. The number of hydrogen-bond donors (Lipinski definition) is 1. The summed E-state index contributed by atoms with van der Waals surface area (Å²) in [5.74, 6) is -1.65. The second-order valence-corrected chi connectivity index (χ2v) is 5.49. The molecule has 22 heavy (non-hydrogen) atoms. The van der Waals surface area contributed by atoms with E-state index in [9.17, 15) is 9.59 Å². The molecule has 0 aliphatic carbocycles. The van der Waals surface area contributed by atoms with Gasteiger partial charge in [-0.3, -0.25) is 0 Å². The van der Waals surface area contributed by atoms with Gasteiger partial charge in [-0.05, 0) is 31.4 Å². The summed E-state index contributed by atoms with van der Waals surface area (Å²) in [6.45, 7) is 4.16. The Labute approximate surface area is 132 Å². The minimum absolute atomic E-state index is 0.00898. The summed E-state index contributed by atoms with van der Waals surface area (Å²) in [6, 6.07) is 6.17. The first-order chi connectivity index (χ1) is 10.6. The lowest BCUT2D eigenvalue weighted by Crippen LogP contribution is -2.19. The van der Waals surface area contributed by atoms with Gasteiger partial charge in [-0.1, -0.05) is 51.7 Å². The fourth-order valence-corrected chi connectivity index (χ4v) is 2.38. The number of carboxylic acids is 1.